The molecule has 1 aromatic heterocycles. The maximum absolute atomic E-state index is 11.6. The molecule has 0 aliphatic carbocycles. The van der Waals surface area contributed by atoms with E-state index in [1.54, 1.807) is 13.2 Å². The standard InChI is InChI=1S/C14H17N3O2/c1-8-4-5-11(17-13(18)10(3)15)6-12(8)14-16-9(2)7-19-14/h4-7,10H,15H2,1-3H3,(H,17,18)/t10-/m1/s1. The van der Waals surface area contributed by atoms with Crippen molar-refractivity contribution in [1.29, 1.82) is 0 Å². The SMILES string of the molecule is Cc1coc(-c2cc(NC(=O)[C@@H](C)N)ccc2C)n1. The van der Waals surface area contributed by atoms with Gasteiger partial charge in [0.1, 0.15) is 6.26 Å². The lowest BCUT2D eigenvalue weighted by molar-refractivity contribution is -0.117. The number of nitrogens with two attached hydrogens (primary N) is 1. The quantitative estimate of drug-likeness (QED) is 0.885. The van der Waals surface area contributed by atoms with Gasteiger partial charge in [-0.1, -0.05) is 6.07 Å². The van der Waals surface area contributed by atoms with Crippen LogP contribution in [0.5, 0.6) is 0 Å². The Morgan fingerprint density at radius 2 is 2.16 bits per heavy atom. The Hall–Kier alpha value is -2.14. The number of anilines is 1. The third-order valence-corrected chi connectivity index (χ3v) is 2.77. The number of nitrogens with zero attached hydrogens (tertiary/aromatic N) is 1. The minimum absolute atomic E-state index is 0.224. The van der Waals surface area contributed by atoms with Crippen LogP contribution in [0.1, 0.15) is 18.2 Å². The van der Waals surface area contributed by atoms with Crippen LogP contribution in [0.4, 0.5) is 5.69 Å². The number of carbonyl (C=O) groups excluding carboxylic acids is 1. The number of aromatic nitrogens is 1. The number of nitrogens with one attached hydrogen (secondary N) is 1. The van der Waals surface area contributed by atoms with Crippen molar-refractivity contribution in [3.8, 4) is 11.5 Å². The lowest BCUT2D eigenvalue weighted by Crippen LogP contribution is -2.32. The van der Waals surface area contributed by atoms with E-state index in [4.69, 9.17) is 10.2 Å². The fraction of sp³-hybridized carbons (Fsp3) is 0.286. The van der Waals surface area contributed by atoms with E-state index in [1.807, 2.05) is 32.0 Å². The number of amides is 1. The Morgan fingerprint density at radius 3 is 2.74 bits per heavy atom. The Kier molecular flexibility index (Phi) is 3.66. The zero-order valence-corrected chi connectivity index (χ0v) is 11.2. The second kappa shape index (κ2) is 5.24. The number of aryl methyl sites for hydroxylation is 2. The molecule has 5 nitrogen and oxygen atoms in total. The maximum Gasteiger partial charge on any atom is 0.240 e. The van der Waals surface area contributed by atoms with E-state index in [9.17, 15) is 4.79 Å². The molecule has 0 bridgehead atoms. The molecule has 5 heteroatoms. The van der Waals surface area contributed by atoms with Gasteiger partial charge >= 0.3 is 0 Å². The lowest BCUT2D eigenvalue weighted by atomic mass is 10.1. The van der Waals surface area contributed by atoms with Gasteiger partial charge in [-0.2, -0.15) is 0 Å². The van der Waals surface area contributed by atoms with Gasteiger partial charge in [0.25, 0.3) is 0 Å². The van der Waals surface area contributed by atoms with Crippen LogP contribution in [0.2, 0.25) is 0 Å². The molecule has 0 spiro atoms. The highest BCUT2D eigenvalue weighted by atomic mass is 16.3. The van der Waals surface area contributed by atoms with Crippen LogP contribution in [-0.4, -0.2) is 16.9 Å². The van der Waals surface area contributed by atoms with Crippen LogP contribution in [0.15, 0.2) is 28.9 Å². The predicted octanol–water partition coefficient (Wildman–Crippen LogP) is 2.24. The van der Waals surface area contributed by atoms with Crippen LogP contribution in [-0.2, 0) is 4.79 Å². The fourth-order valence-corrected chi connectivity index (χ4v) is 1.66. The van der Waals surface area contributed by atoms with Crippen LogP contribution >= 0.6 is 0 Å². The van der Waals surface area contributed by atoms with Gasteiger partial charge in [-0.25, -0.2) is 4.98 Å². The smallest absolute Gasteiger partial charge is 0.240 e. The van der Waals surface area contributed by atoms with Crippen molar-refractivity contribution in [2.24, 2.45) is 5.73 Å². The molecule has 2 aromatic rings. The van der Waals surface area contributed by atoms with Crippen LogP contribution in [0, 0.1) is 13.8 Å². The van der Waals surface area contributed by atoms with Crippen molar-refractivity contribution >= 4 is 11.6 Å². The normalized spacial score (nSPS) is 12.2. The summed E-state index contributed by atoms with van der Waals surface area (Å²) in [7, 11) is 0. The number of hydrogen-bond donors (Lipinski definition) is 2. The van der Waals surface area contributed by atoms with Gasteiger partial charge in [-0.3, -0.25) is 4.79 Å². The van der Waals surface area contributed by atoms with Crippen molar-refractivity contribution in [1.82, 2.24) is 4.98 Å². The number of hydrogen-bond acceptors (Lipinski definition) is 4. The fourth-order valence-electron chi connectivity index (χ4n) is 1.66. The first-order valence-electron chi connectivity index (χ1n) is 6.07. The number of rotatable bonds is 3. The molecular formula is C14H17N3O2. The average Bonchev–Trinajstić information content (AvgIpc) is 2.78. The molecule has 0 unspecified atom stereocenters. The van der Waals surface area contributed by atoms with Gasteiger partial charge in [-0.15, -0.1) is 0 Å². The van der Waals surface area contributed by atoms with Gasteiger partial charge < -0.3 is 15.5 Å². The molecule has 100 valence electrons. The third kappa shape index (κ3) is 3.00. The summed E-state index contributed by atoms with van der Waals surface area (Å²) < 4.78 is 5.39. The molecule has 0 saturated heterocycles. The molecule has 0 fully saturated rings. The van der Waals surface area contributed by atoms with E-state index in [2.05, 4.69) is 10.3 Å². The second-order valence-corrected chi connectivity index (χ2v) is 4.60. The summed E-state index contributed by atoms with van der Waals surface area (Å²) in [6.07, 6.45) is 1.60. The Labute approximate surface area is 111 Å². The molecular weight excluding hydrogens is 242 g/mol. The topological polar surface area (TPSA) is 81.2 Å². The van der Waals surface area contributed by atoms with Crippen molar-refractivity contribution in [3.05, 3.63) is 35.7 Å². The molecule has 19 heavy (non-hydrogen) atoms. The molecule has 1 heterocycles. The monoisotopic (exact) mass is 259 g/mol. The minimum atomic E-state index is -0.547. The van der Waals surface area contributed by atoms with Gasteiger partial charge in [0.2, 0.25) is 11.8 Å². The summed E-state index contributed by atoms with van der Waals surface area (Å²) in [5.41, 5.74) is 8.91. The molecule has 0 aliphatic heterocycles. The summed E-state index contributed by atoms with van der Waals surface area (Å²) in [5, 5.41) is 2.75. The largest absolute Gasteiger partial charge is 0.444 e. The van der Waals surface area contributed by atoms with E-state index in [-0.39, 0.29) is 5.91 Å². The average molecular weight is 259 g/mol. The first kappa shape index (κ1) is 13.3. The lowest BCUT2D eigenvalue weighted by Gasteiger charge is -2.10. The predicted molar refractivity (Wildman–Crippen MR) is 73.7 cm³/mol. The van der Waals surface area contributed by atoms with E-state index >= 15 is 0 Å². The van der Waals surface area contributed by atoms with Crippen molar-refractivity contribution in [2.75, 3.05) is 5.32 Å². The molecule has 1 atom stereocenters. The van der Waals surface area contributed by atoms with Gasteiger partial charge in [0, 0.05) is 11.3 Å². The van der Waals surface area contributed by atoms with E-state index < -0.39 is 6.04 Å². The molecule has 1 amide bonds. The second-order valence-electron chi connectivity index (χ2n) is 4.60. The van der Waals surface area contributed by atoms with E-state index in [0.29, 0.717) is 11.6 Å². The highest BCUT2D eigenvalue weighted by Gasteiger charge is 2.12. The number of carbonyl (C=O) groups is 1. The highest BCUT2D eigenvalue weighted by molar-refractivity contribution is 5.94. The number of oxazole rings is 1. The summed E-state index contributed by atoms with van der Waals surface area (Å²) in [6.45, 7) is 5.47. The summed E-state index contributed by atoms with van der Waals surface area (Å²) in [6, 6.07) is 5.02. The van der Waals surface area contributed by atoms with Crippen molar-refractivity contribution in [2.45, 2.75) is 26.8 Å². The van der Waals surface area contributed by atoms with Gasteiger partial charge in [0.05, 0.1) is 11.7 Å². The molecule has 2 rings (SSSR count). The molecule has 1 aromatic carbocycles. The van der Waals surface area contributed by atoms with Gasteiger partial charge in [-0.05, 0) is 38.5 Å². The molecule has 0 aliphatic rings. The van der Waals surface area contributed by atoms with Gasteiger partial charge in [0.15, 0.2) is 0 Å². The van der Waals surface area contributed by atoms with Crippen LogP contribution in [0.25, 0.3) is 11.5 Å². The summed E-state index contributed by atoms with van der Waals surface area (Å²) in [5.74, 6) is 0.324. The van der Waals surface area contributed by atoms with E-state index in [1.165, 1.54) is 0 Å². The Balaban J connectivity index is 2.32. The molecule has 0 radical (unpaired) electrons. The Morgan fingerprint density at radius 1 is 1.42 bits per heavy atom. The summed E-state index contributed by atoms with van der Waals surface area (Å²) >= 11 is 0. The zero-order valence-electron chi connectivity index (χ0n) is 11.2. The Bertz CT molecular complexity index is 602. The maximum atomic E-state index is 11.6. The highest BCUT2D eigenvalue weighted by Crippen LogP contribution is 2.26. The minimum Gasteiger partial charge on any atom is -0.444 e. The molecule has 0 saturated carbocycles. The third-order valence-electron chi connectivity index (χ3n) is 2.77. The number of benzene rings is 1. The van der Waals surface area contributed by atoms with Crippen LogP contribution < -0.4 is 11.1 Å². The zero-order chi connectivity index (χ0) is 14.0. The van der Waals surface area contributed by atoms with E-state index in [0.717, 1.165) is 16.8 Å². The first-order chi connectivity index (χ1) is 8.97. The van der Waals surface area contributed by atoms with Crippen LogP contribution in [0.3, 0.4) is 0 Å². The summed E-state index contributed by atoms with van der Waals surface area (Å²) in [4.78, 5) is 15.9. The molecule has 3 N–H and O–H groups in total. The van der Waals surface area contributed by atoms with Crippen molar-refractivity contribution in [3.63, 3.8) is 0 Å². The van der Waals surface area contributed by atoms with Crippen molar-refractivity contribution < 1.29 is 9.21 Å². The first-order valence-corrected chi connectivity index (χ1v) is 6.07.